The number of aryl methyl sites for hydroxylation is 1. The van der Waals surface area contributed by atoms with E-state index >= 15 is 0 Å². The minimum absolute atomic E-state index is 0.0330. The fourth-order valence-corrected chi connectivity index (χ4v) is 4.71. The zero-order valence-corrected chi connectivity index (χ0v) is 17.2. The summed E-state index contributed by atoms with van der Waals surface area (Å²) in [5.41, 5.74) is -0.293. The van der Waals surface area contributed by atoms with Crippen LogP contribution in [0.5, 0.6) is 0 Å². The van der Waals surface area contributed by atoms with Crippen molar-refractivity contribution in [3.63, 3.8) is 0 Å². The number of nitrogens with one attached hydrogen (secondary N) is 1. The van der Waals surface area contributed by atoms with Crippen molar-refractivity contribution in [1.82, 2.24) is 9.55 Å². The first-order valence-corrected chi connectivity index (χ1v) is 10.9. The van der Waals surface area contributed by atoms with Crippen LogP contribution in [0.25, 0.3) is 0 Å². The average Bonchev–Trinajstić information content (AvgIpc) is 2.90. The quantitative estimate of drug-likeness (QED) is 0.438. The van der Waals surface area contributed by atoms with E-state index in [1.165, 1.54) is 4.57 Å². The summed E-state index contributed by atoms with van der Waals surface area (Å²) in [5, 5.41) is 0. The van der Waals surface area contributed by atoms with Crippen LogP contribution < -0.4 is 11.2 Å². The first-order chi connectivity index (χ1) is 11.7. The van der Waals surface area contributed by atoms with Crippen molar-refractivity contribution < 1.29 is 9.47 Å². The summed E-state index contributed by atoms with van der Waals surface area (Å²) in [4.78, 5) is 26.0. The molecule has 1 aliphatic heterocycles. The molecule has 2 heterocycles. The minimum Gasteiger partial charge on any atom is -0.364 e. The molecule has 0 aliphatic carbocycles. The van der Waals surface area contributed by atoms with Gasteiger partial charge in [0.2, 0.25) is 0 Å². The van der Waals surface area contributed by atoms with Gasteiger partial charge < -0.3 is 9.47 Å². The smallest absolute Gasteiger partial charge is 0.330 e. The second kappa shape index (κ2) is 8.79. The van der Waals surface area contributed by atoms with E-state index in [2.05, 4.69) is 32.7 Å². The van der Waals surface area contributed by atoms with E-state index in [1.54, 1.807) is 34.7 Å². The topological polar surface area (TPSA) is 73.3 Å². The Morgan fingerprint density at radius 3 is 2.76 bits per heavy atom. The van der Waals surface area contributed by atoms with Gasteiger partial charge in [-0.1, -0.05) is 55.7 Å². The van der Waals surface area contributed by atoms with Crippen LogP contribution in [0.15, 0.2) is 15.8 Å². The van der Waals surface area contributed by atoms with E-state index in [4.69, 9.17) is 9.47 Å². The molecule has 2 rings (SSSR count). The zero-order chi connectivity index (χ0) is 18.6. The molecule has 1 saturated heterocycles. The Kier molecular flexibility index (Phi) is 7.25. The van der Waals surface area contributed by atoms with Crippen LogP contribution in [0.1, 0.15) is 58.7 Å². The molecule has 1 aromatic heterocycles. The minimum atomic E-state index is -0.436. The van der Waals surface area contributed by atoms with E-state index < -0.39 is 11.9 Å². The van der Waals surface area contributed by atoms with Gasteiger partial charge in [0.25, 0.3) is 5.56 Å². The molecule has 25 heavy (non-hydrogen) atoms. The highest BCUT2D eigenvalue weighted by molar-refractivity contribution is 8.77. The molecular weight excluding hydrogens is 360 g/mol. The number of aromatic nitrogens is 2. The largest absolute Gasteiger partial charge is 0.364 e. The van der Waals surface area contributed by atoms with Gasteiger partial charge >= 0.3 is 5.69 Å². The molecule has 142 valence electrons. The van der Waals surface area contributed by atoms with Crippen LogP contribution in [-0.2, 0) is 9.47 Å². The van der Waals surface area contributed by atoms with Gasteiger partial charge in [-0.3, -0.25) is 14.3 Å². The van der Waals surface area contributed by atoms with Crippen molar-refractivity contribution in [3.05, 3.63) is 32.6 Å². The first-order valence-electron chi connectivity index (χ1n) is 8.61. The number of nitrogens with zero attached hydrogens (tertiary/aromatic N) is 1. The molecule has 0 bridgehead atoms. The lowest BCUT2D eigenvalue weighted by molar-refractivity contribution is -0.0350. The summed E-state index contributed by atoms with van der Waals surface area (Å²) in [6.45, 7) is 10.3. The molecule has 0 saturated carbocycles. The predicted octanol–water partition coefficient (Wildman–Crippen LogP) is 3.46. The van der Waals surface area contributed by atoms with Gasteiger partial charge in [-0.25, -0.2) is 4.79 Å². The van der Waals surface area contributed by atoms with Gasteiger partial charge in [0.15, 0.2) is 0 Å². The number of aromatic amines is 1. The third-order valence-electron chi connectivity index (χ3n) is 3.85. The van der Waals surface area contributed by atoms with Crippen LogP contribution in [-0.4, -0.2) is 32.4 Å². The lowest BCUT2D eigenvalue weighted by Crippen LogP contribution is -2.33. The maximum absolute atomic E-state index is 12.1. The van der Waals surface area contributed by atoms with E-state index in [9.17, 15) is 9.59 Å². The fourth-order valence-electron chi connectivity index (χ4n) is 2.70. The second-order valence-corrected chi connectivity index (χ2v) is 10.3. The van der Waals surface area contributed by atoms with Gasteiger partial charge in [0.1, 0.15) is 12.2 Å². The Morgan fingerprint density at radius 2 is 2.12 bits per heavy atom. The predicted molar refractivity (Wildman–Crippen MR) is 104 cm³/mol. The average molecular weight is 389 g/mol. The van der Waals surface area contributed by atoms with Gasteiger partial charge in [-0.2, -0.15) is 0 Å². The van der Waals surface area contributed by atoms with Gasteiger partial charge in [0, 0.05) is 22.9 Å². The van der Waals surface area contributed by atoms with Crippen molar-refractivity contribution in [3.8, 4) is 0 Å². The summed E-state index contributed by atoms with van der Waals surface area (Å²) < 4.78 is 13.8. The summed E-state index contributed by atoms with van der Waals surface area (Å²) in [6, 6.07) is 0. The number of ether oxygens (including phenoxy) is 2. The van der Waals surface area contributed by atoms with Crippen molar-refractivity contribution in [1.29, 1.82) is 0 Å². The monoisotopic (exact) mass is 388 g/mol. The molecule has 1 fully saturated rings. The van der Waals surface area contributed by atoms with Crippen LogP contribution in [0.4, 0.5) is 0 Å². The Balaban J connectivity index is 2.03. The number of hydrogen-bond acceptors (Lipinski definition) is 6. The molecule has 8 heteroatoms. The normalized spacial score (nSPS) is 24.0. The highest BCUT2D eigenvalue weighted by atomic mass is 33.1. The van der Waals surface area contributed by atoms with Crippen LogP contribution >= 0.6 is 21.6 Å². The second-order valence-electron chi connectivity index (χ2n) is 7.27. The number of H-pyrrole nitrogens is 1. The van der Waals surface area contributed by atoms with E-state index in [0.29, 0.717) is 17.9 Å². The van der Waals surface area contributed by atoms with Crippen LogP contribution in [0.3, 0.4) is 0 Å². The van der Waals surface area contributed by atoms with Crippen molar-refractivity contribution in [2.24, 2.45) is 0 Å². The highest BCUT2D eigenvalue weighted by Gasteiger charge is 2.37. The van der Waals surface area contributed by atoms with Crippen molar-refractivity contribution in [2.75, 3.05) is 5.94 Å². The summed E-state index contributed by atoms with van der Waals surface area (Å²) in [5.74, 6) is 0.586. The molecule has 3 atom stereocenters. The molecule has 1 aliphatic rings. The number of rotatable bonds is 7. The third-order valence-corrected chi connectivity index (χ3v) is 6.84. The Bertz CT molecular complexity index is 680. The number of hydrogen-bond donors (Lipinski definition) is 1. The Morgan fingerprint density at radius 1 is 1.40 bits per heavy atom. The summed E-state index contributed by atoms with van der Waals surface area (Å²) in [7, 11) is 3.49. The summed E-state index contributed by atoms with van der Waals surface area (Å²) in [6.07, 6.45) is 3.57. The highest BCUT2D eigenvalue weighted by Crippen LogP contribution is 2.37. The lowest BCUT2D eigenvalue weighted by atomic mass is 10.1. The molecular formula is C17H28N2O4S2. The van der Waals surface area contributed by atoms with Gasteiger partial charge in [0.05, 0.1) is 12.2 Å². The third kappa shape index (κ3) is 5.91. The van der Waals surface area contributed by atoms with Crippen molar-refractivity contribution in [2.45, 2.75) is 77.1 Å². The lowest BCUT2D eigenvalue weighted by Gasteiger charge is -2.20. The molecule has 1 unspecified atom stereocenters. The zero-order valence-electron chi connectivity index (χ0n) is 15.5. The molecule has 0 spiro atoms. The Hall–Kier alpha value is -0.700. The van der Waals surface area contributed by atoms with E-state index in [0.717, 1.165) is 12.8 Å². The van der Waals surface area contributed by atoms with E-state index in [-0.39, 0.29) is 22.5 Å². The maximum atomic E-state index is 12.1. The molecule has 1 N–H and O–H groups in total. The van der Waals surface area contributed by atoms with Crippen LogP contribution in [0.2, 0.25) is 0 Å². The first kappa shape index (κ1) is 20.6. The fraction of sp³-hybridized carbons (Fsp3) is 0.765. The molecule has 0 radical (unpaired) electrons. The van der Waals surface area contributed by atoms with Gasteiger partial charge in [-0.05, 0) is 13.3 Å². The SMILES string of the molecule is CCC[C@H]1O[C@@H](n2cc(C)c(=O)[nH]c2=O)CC1OCSSC(C)(C)C. The standard InChI is InChI=1S/C17H28N2O4S2/c1-6-7-12-13(22-10-24-25-17(3,4)5)8-14(23-12)19-9-11(2)15(20)18-16(19)21/h9,12-14H,6-8,10H2,1-5H3,(H,18,20,21)/t12-,13?,14-/m1/s1. The molecule has 0 aromatic carbocycles. The molecule has 6 nitrogen and oxygen atoms in total. The molecule has 1 aromatic rings. The van der Waals surface area contributed by atoms with Crippen molar-refractivity contribution >= 4 is 21.6 Å². The van der Waals surface area contributed by atoms with E-state index in [1.807, 2.05) is 0 Å². The van der Waals surface area contributed by atoms with Gasteiger partial charge in [-0.15, -0.1) is 0 Å². The summed E-state index contributed by atoms with van der Waals surface area (Å²) >= 11 is 0. The van der Waals surface area contributed by atoms with Crippen LogP contribution in [0, 0.1) is 6.92 Å². The Labute approximate surface area is 156 Å². The maximum Gasteiger partial charge on any atom is 0.330 e. The molecule has 0 amide bonds.